The van der Waals surface area contributed by atoms with Gasteiger partial charge >= 0.3 is 0 Å². The van der Waals surface area contributed by atoms with Crippen LogP contribution < -0.4 is 20.5 Å². The van der Waals surface area contributed by atoms with Crippen molar-refractivity contribution in [2.45, 2.75) is 26.3 Å². The van der Waals surface area contributed by atoms with Crippen LogP contribution in [-0.2, 0) is 22.6 Å². The SMILES string of the molecule is CCc1cc(=O)n(CCNC(=O)C2CC(=O)N(c3cccc(OC)c3)C2)cn1. The third kappa shape index (κ3) is 4.39. The Kier molecular flexibility index (Phi) is 6.08. The Morgan fingerprint density at radius 1 is 1.32 bits per heavy atom. The molecule has 8 heteroatoms. The lowest BCUT2D eigenvalue weighted by molar-refractivity contribution is -0.126. The molecule has 2 aromatic rings. The average molecular weight is 384 g/mol. The maximum Gasteiger partial charge on any atom is 0.253 e. The summed E-state index contributed by atoms with van der Waals surface area (Å²) in [5.41, 5.74) is 1.32. The molecule has 2 heterocycles. The fourth-order valence-electron chi connectivity index (χ4n) is 3.18. The smallest absolute Gasteiger partial charge is 0.253 e. The minimum absolute atomic E-state index is 0.0935. The standard InChI is InChI=1S/C20H24N4O4/c1-3-15-10-18(25)23(13-22-15)8-7-21-20(27)14-9-19(26)24(12-14)16-5-4-6-17(11-16)28-2/h4-6,10-11,13-14H,3,7-9,12H2,1-2H3,(H,21,27). The Morgan fingerprint density at radius 2 is 2.14 bits per heavy atom. The van der Waals surface area contributed by atoms with Gasteiger partial charge in [-0.05, 0) is 18.6 Å². The Labute approximate surface area is 163 Å². The number of ether oxygens (including phenoxy) is 1. The van der Waals surface area contributed by atoms with Crippen LogP contribution in [0.15, 0.2) is 41.5 Å². The second-order valence-corrected chi connectivity index (χ2v) is 6.66. The van der Waals surface area contributed by atoms with Crippen molar-refractivity contribution in [3.63, 3.8) is 0 Å². The zero-order chi connectivity index (χ0) is 20.1. The van der Waals surface area contributed by atoms with Crippen LogP contribution in [0.2, 0.25) is 0 Å². The van der Waals surface area contributed by atoms with Crippen LogP contribution in [0.3, 0.4) is 0 Å². The molecule has 0 radical (unpaired) electrons. The first-order valence-corrected chi connectivity index (χ1v) is 9.29. The molecule has 0 saturated carbocycles. The summed E-state index contributed by atoms with van der Waals surface area (Å²) in [4.78, 5) is 42.6. The summed E-state index contributed by atoms with van der Waals surface area (Å²) in [5.74, 6) is -0.0451. The number of hydrogen-bond donors (Lipinski definition) is 1. The van der Waals surface area contributed by atoms with E-state index in [4.69, 9.17) is 4.74 Å². The number of nitrogens with zero attached hydrogens (tertiary/aromatic N) is 3. The van der Waals surface area contributed by atoms with E-state index in [9.17, 15) is 14.4 Å². The second kappa shape index (κ2) is 8.69. The molecular formula is C20H24N4O4. The van der Waals surface area contributed by atoms with Crippen LogP contribution in [0.1, 0.15) is 19.0 Å². The number of amides is 2. The van der Waals surface area contributed by atoms with E-state index < -0.39 is 5.92 Å². The topological polar surface area (TPSA) is 93.5 Å². The van der Waals surface area contributed by atoms with Gasteiger partial charge < -0.3 is 15.0 Å². The normalized spacial score (nSPS) is 16.3. The summed E-state index contributed by atoms with van der Waals surface area (Å²) in [6.45, 7) is 2.89. The van der Waals surface area contributed by atoms with Crippen molar-refractivity contribution in [3.8, 4) is 5.75 Å². The third-order valence-electron chi connectivity index (χ3n) is 4.81. The van der Waals surface area contributed by atoms with E-state index >= 15 is 0 Å². The Bertz CT molecular complexity index is 924. The van der Waals surface area contributed by atoms with Crippen molar-refractivity contribution < 1.29 is 14.3 Å². The number of rotatable bonds is 7. The molecule has 0 spiro atoms. The highest BCUT2D eigenvalue weighted by molar-refractivity contribution is 6.00. The summed E-state index contributed by atoms with van der Waals surface area (Å²) in [6, 6.07) is 8.71. The minimum atomic E-state index is -0.420. The highest BCUT2D eigenvalue weighted by Crippen LogP contribution is 2.27. The Balaban J connectivity index is 1.55. The van der Waals surface area contributed by atoms with Gasteiger partial charge in [0, 0.05) is 49.6 Å². The molecule has 148 valence electrons. The van der Waals surface area contributed by atoms with E-state index in [0.717, 1.165) is 5.69 Å². The Hall–Kier alpha value is -3.16. The maximum atomic E-state index is 12.4. The minimum Gasteiger partial charge on any atom is -0.497 e. The number of carbonyl (C=O) groups excluding carboxylic acids is 2. The van der Waals surface area contributed by atoms with Gasteiger partial charge in [0.15, 0.2) is 0 Å². The van der Waals surface area contributed by atoms with Crippen molar-refractivity contribution in [1.82, 2.24) is 14.9 Å². The van der Waals surface area contributed by atoms with Gasteiger partial charge in [0.1, 0.15) is 5.75 Å². The molecule has 1 aromatic heterocycles. The zero-order valence-electron chi connectivity index (χ0n) is 16.1. The number of aromatic nitrogens is 2. The quantitative estimate of drug-likeness (QED) is 0.768. The predicted molar refractivity (Wildman–Crippen MR) is 104 cm³/mol. The molecule has 1 saturated heterocycles. The van der Waals surface area contributed by atoms with Crippen LogP contribution in [-0.4, -0.2) is 41.6 Å². The van der Waals surface area contributed by atoms with Gasteiger partial charge in [-0.15, -0.1) is 0 Å². The van der Waals surface area contributed by atoms with E-state index in [1.54, 1.807) is 24.1 Å². The van der Waals surface area contributed by atoms with E-state index in [1.165, 1.54) is 17.0 Å². The van der Waals surface area contributed by atoms with Gasteiger partial charge in [-0.1, -0.05) is 13.0 Å². The average Bonchev–Trinajstić information content (AvgIpc) is 3.11. The first-order chi connectivity index (χ1) is 13.5. The second-order valence-electron chi connectivity index (χ2n) is 6.66. The molecule has 8 nitrogen and oxygen atoms in total. The van der Waals surface area contributed by atoms with E-state index in [1.807, 2.05) is 19.1 Å². The molecule has 1 aliphatic heterocycles. The van der Waals surface area contributed by atoms with Gasteiger partial charge in [0.25, 0.3) is 5.56 Å². The van der Waals surface area contributed by atoms with Crippen LogP contribution in [0, 0.1) is 5.92 Å². The van der Waals surface area contributed by atoms with Crippen molar-refractivity contribution in [3.05, 3.63) is 52.7 Å². The van der Waals surface area contributed by atoms with Crippen LogP contribution in [0.4, 0.5) is 5.69 Å². The molecule has 1 N–H and O–H groups in total. The molecule has 1 unspecified atom stereocenters. The highest BCUT2D eigenvalue weighted by Gasteiger charge is 2.35. The fourth-order valence-corrected chi connectivity index (χ4v) is 3.18. The van der Waals surface area contributed by atoms with Gasteiger partial charge in [-0.2, -0.15) is 0 Å². The summed E-state index contributed by atoms with van der Waals surface area (Å²) < 4.78 is 6.65. The van der Waals surface area contributed by atoms with Crippen molar-refractivity contribution in [2.24, 2.45) is 5.92 Å². The highest BCUT2D eigenvalue weighted by atomic mass is 16.5. The predicted octanol–water partition coefficient (Wildman–Crippen LogP) is 0.984. The number of anilines is 1. The molecule has 1 fully saturated rings. The molecule has 1 aromatic carbocycles. The molecule has 2 amide bonds. The number of benzene rings is 1. The van der Waals surface area contributed by atoms with Gasteiger partial charge in [0.05, 0.1) is 19.4 Å². The van der Waals surface area contributed by atoms with Crippen LogP contribution in [0.25, 0.3) is 0 Å². The molecular weight excluding hydrogens is 360 g/mol. The maximum absolute atomic E-state index is 12.4. The van der Waals surface area contributed by atoms with E-state index in [-0.39, 0.29) is 23.8 Å². The monoisotopic (exact) mass is 384 g/mol. The lowest BCUT2D eigenvalue weighted by Gasteiger charge is -2.17. The number of methoxy groups -OCH3 is 1. The zero-order valence-corrected chi connectivity index (χ0v) is 16.1. The van der Waals surface area contributed by atoms with Crippen LogP contribution >= 0.6 is 0 Å². The number of aryl methyl sites for hydroxylation is 1. The molecule has 0 aliphatic carbocycles. The van der Waals surface area contributed by atoms with E-state index in [2.05, 4.69) is 10.3 Å². The first-order valence-electron chi connectivity index (χ1n) is 9.29. The molecule has 1 atom stereocenters. The van der Waals surface area contributed by atoms with E-state index in [0.29, 0.717) is 37.5 Å². The van der Waals surface area contributed by atoms with Crippen LogP contribution in [0.5, 0.6) is 5.75 Å². The molecule has 1 aliphatic rings. The largest absolute Gasteiger partial charge is 0.497 e. The number of hydrogen-bond acceptors (Lipinski definition) is 5. The summed E-state index contributed by atoms with van der Waals surface area (Å²) in [6.07, 6.45) is 2.36. The molecule has 28 heavy (non-hydrogen) atoms. The number of carbonyl (C=O) groups is 2. The van der Waals surface area contributed by atoms with Crippen molar-refractivity contribution in [1.29, 1.82) is 0 Å². The fraction of sp³-hybridized carbons (Fsp3) is 0.400. The van der Waals surface area contributed by atoms with Gasteiger partial charge in [-0.3, -0.25) is 19.0 Å². The Morgan fingerprint density at radius 3 is 2.86 bits per heavy atom. The lowest BCUT2D eigenvalue weighted by Crippen LogP contribution is -2.36. The number of nitrogens with one attached hydrogen (secondary N) is 1. The van der Waals surface area contributed by atoms with Crippen molar-refractivity contribution >= 4 is 17.5 Å². The molecule has 0 bridgehead atoms. The lowest BCUT2D eigenvalue weighted by atomic mass is 10.1. The summed E-state index contributed by atoms with van der Waals surface area (Å²) in [7, 11) is 1.57. The van der Waals surface area contributed by atoms with Gasteiger partial charge in [0.2, 0.25) is 11.8 Å². The molecule has 3 rings (SSSR count). The van der Waals surface area contributed by atoms with Crippen molar-refractivity contribution in [2.75, 3.05) is 25.1 Å². The summed E-state index contributed by atoms with van der Waals surface area (Å²) in [5, 5.41) is 2.81. The third-order valence-corrected chi connectivity index (χ3v) is 4.81. The first kappa shape index (κ1) is 19.6. The van der Waals surface area contributed by atoms with Gasteiger partial charge in [-0.25, -0.2) is 4.98 Å². The summed E-state index contributed by atoms with van der Waals surface area (Å²) >= 11 is 0.